The second-order valence-corrected chi connectivity index (χ2v) is 7.40. The van der Waals surface area contributed by atoms with Gasteiger partial charge in [0.2, 0.25) is 8.14 Å². The molecule has 0 aliphatic rings. The van der Waals surface area contributed by atoms with Gasteiger partial charge in [-0.05, 0) is 0 Å². The van der Waals surface area contributed by atoms with Gasteiger partial charge in [-0.1, -0.05) is 0 Å². The summed E-state index contributed by atoms with van der Waals surface area (Å²) in [5.41, 5.74) is 0. The zero-order valence-electron chi connectivity index (χ0n) is 3.80. The molecule has 0 saturated heterocycles. The van der Waals surface area contributed by atoms with Crippen molar-refractivity contribution >= 4 is 63.7 Å². The number of hydrogen-bond donors (Lipinski definition) is 0. The zero-order valence-corrected chi connectivity index (χ0v) is 10.2. The number of alkyl halides is 2. The Bertz CT molecular complexity index is 20.9. The first-order valence-electron chi connectivity index (χ1n) is 1.55. The van der Waals surface area contributed by atoms with Gasteiger partial charge in [-0.2, -0.15) is 22.2 Å². The molecule has 0 aromatic rings. The zero-order chi connectivity index (χ0) is 6.28. The van der Waals surface area contributed by atoms with E-state index >= 15 is 0 Å². The van der Waals surface area contributed by atoms with E-state index < -0.39 is 8.14 Å². The van der Waals surface area contributed by atoms with Crippen molar-refractivity contribution in [3.8, 4) is 0 Å². The number of halogens is 4. The first-order chi connectivity index (χ1) is 3.15. The SMILES string of the molecule is Cl[SiH2]Cl.[SiH3]C(Cl)Cl. The van der Waals surface area contributed by atoms with Crippen LogP contribution in [0.25, 0.3) is 0 Å². The molecule has 0 fully saturated rings. The molecule has 0 aliphatic carbocycles. The second kappa shape index (κ2) is 10.6. The van der Waals surface area contributed by atoms with Crippen molar-refractivity contribution in [1.82, 2.24) is 0 Å². The van der Waals surface area contributed by atoms with Gasteiger partial charge < -0.3 is 0 Å². The van der Waals surface area contributed by atoms with E-state index in [2.05, 4.69) is 0 Å². The van der Waals surface area contributed by atoms with Gasteiger partial charge in [0.25, 0.3) is 0 Å². The molecular formula is CH6Cl4Si2. The summed E-state index contributed by atoms with van der Waals surface area (Å²) < 4.78 is -0.0833. The maximum Gasteiger partial charge on any atom is 0.222 e. The third kappa shape index (κ3) is 93.5. The number of hydrogen-bond acceptors (Lipinski definition) is 0. The maximum absolute atomic E-state index is 5.10. The van der Waals surface area contributed by atoms with Crippen LogP contribution in [-0.2, 0) is 0 Å². The summed E-state index contributed by atoms with van der Waals surface area (Å²) in [5.74, 6) is 0. The first kappa shape index (κ1) is 11.4. The van der Waals surface area contributed by atoms with Crippen LogP contribution in [0.3, 0.4) is 0 Å². The van der Waals surface area contributed by atoms with Crippen molar-refractivity contribution in [2.75, 3.05) is 0 Å². The third-order valence-corrected chi connectivity index (χ3v) is 0. The molecule has 0 aliphatic heterocycles. The van der Waals surface area contributed by atoms with Crippen LogP contribution in [0.5, 0.6) is 0 Å². The van der Waals surface area contributed by atoms with Gasteiger partial charge >= 0.3 is 0 Å². The van der Waals surface area contributed by atoms with Crippen molar-refractivity contribution in [1.29, 1.82) is 0 Å². The predicted octanol–water partition coefficient (Wildman–Crippen LogP) is 0.576. The summed E-state index contributed by atoms with van der Waals surface area (Å²) in [5, 5.41) is 0. The summed E-state index contributed by atoms with van der Waals surface area (Å²) in [7, 11) is 0.241. The molecule has 0 rings (SSSR count). The van der Waals surface area contributed by atoms with Gasteiger partial charge in [0.15, 0.2) is 0 Å². The highest BCUT2D eigenvalue weighted by atomic mass is 35.7. The Morgan fingerprint density at radius 3 is 1.29 bits per heavy atom. The van der Waals surface area contributed by atoms with Gasteiger partial charge in [0.1, 0.15) is 0 Å². The van der Waals surface area contributed by atoms with E-state index in [0.717, 1.165) is 10.2 Å². The highest BCUT2D eigenvalue weighted by Gasteiger charge is 1.75. The standard InChI is InChI=1S/CH4Cl2Si.Cl2H2Si/c2-1(3)4;1-3-2/h1H,4H3;3H2. The molecule has 6 heteroatoms. The van der Waals surface area contributed by atoms with Gasteiger partial charge in [0, 0.05) is 10.2 Å². The summed E-state index contributed by atoms with van der Waals surface area (Å²) in [6.07, 6.45) is 0. The first-order valence-corrected chi connectivity index (χ1v) is 7.85. The van der Waals surface area contributed by atoms with Crippen LogP contribution in [0.15, 0.2) is 0 Å². The van der Waals surface area contributed by atoms with Crippen LogP contribution in [0.2, 0.25) is 0 Å². The Kier molecular flexibility index (Phi) is 17.2. The number of rotatable bonds is 0. The molecule has 0 saturated carbocycles. The summed E-state index contributed by atoms with van der Waals surface area (Å²) in [4.78, 5) is 0. The lowest BCUT2D eigenvalue weighted by Crippen LogP contribution is -1.75. The normalized spacial score (nSPS) is 8.14. The smallest absolute Gasteiger partial charge is 0.155 e. The van der Waals surface area contributed by atoms with Gasteiger partial charge in [-0.3, -0.25) is 0 Å². The van der Waals surface area contributed by atoms with Crippen molar-refractivity contribution in [3.05, 3.63) is 0 Å². The molecule has 0 radical (unpaired) electrons. The van der Waals surface area contributed by atoms with Crippen molar-refractivity contribution in [2.45, 2.75) is 4.46 Å². The summed E-state index contributed by atoms with van der Waals surface area (Å²) in [6.45, 7) is 0. The van der Waals surface area contributed by atoms with Crippen LogP contribution < -0.4 is 0 Å². The van der Waals surface area contributed by atoms with Crippen LogP contribution in [0.4, 0.5) is 0 Å². The fourth-order valence-electron chi connectivity index (χ4n) is 0. The molecule has 0 bridgehead atoms. The maximum atomic E-state index is 5.10. The van der Waals surface area contributed by atoms with Crippen LogP contribution >= 0.6 is 45.4 Å². The van der Waals surface area contributed by atoms with E-state index in [1.54, 1.807) is 0 Å². The van der Waals surface area contributed by atoms with Crippen molar-refractivity contribution in [2.24, 2.45) is 0 Å². The van der Waals surface area contributed by atoms with Gasteiger partial charge in [-0.15, -0.1) is 23.2 Å². The Labute approximate surface area is 68.1 Å². The topological polar surface area (TPSA) is 0 Å². The largest absolute Gasteiger partial charge is 0.222 e. The lowest BCUT2D eigenvalue weighted by Gasteiger charge is -1.72. The molecule has 0 aromatic heterocycles. The Hall–Kier alpha value is 1.59. The minimum absolute atomic E-state index is 0.0833. The summed E-state index contributed by atoms with van der Waals surface area (Å²) in [6, 6.07) is 0. The van der Waals surface area contributed by atoms with Crippen LogP contribution in [-0.4, -0.2) is 22.8 Å². The Morgan fingerprint density at radius 2 is 1.29 bits per heavy atom. The molecule has 0 unspecified atom stereocenters. The molecule has 7 heavy (non-hydrogen) atoms. The van der Waals surface area contributed by atoms with E-state index in [-0.39, 0.29) is 4.46 Å². The highest BCUT2D eigenvalue weighted by molar-refractivity contribution is 7.22. The molecule has 0 atom stereocenters. The molecule has 0 spiro atoms. The van der Waals surface area contributed by atoms with Gasteiger partial charge in [0.05, 0.1) is 4.46 Å². The Morgan fingerprint density at radius 1 is 1.29 bits per heavy atom. The van der Waals surface area contributed by atoms with E-state index in [4.69, 9.17) is 45.4 Å². The predicted molar refractivity (Wildman–Crippen MR) is 45.7 cm³/mol. The van der Waals surface area contributed by atoms with Gasteiger partial charge in [-0.25, -0.2) is 0 Å². The lowest BCUT2D eigenvalue weighted by atomic mass is 11.9. The van der Waals surface area contributed by atoms with Crippen molar-refractivity contribution < 1.29 is 0 Å². The molecule has 0 aromatic carbocycles. The quantitative estimate of drug-likeness (QED) is 0.315. The van der Waals surface area contributed by atoms with Crippen LogP contribution in [0.1, 0.15) is 0 Å². The average Bonchev–Trinajstić information content (AvgIpc) is 1.33. The van der Waals surface area contributed by atoms with E-state index in [0.29, 0.717) is 0 Å². The summed E-state index contributed by atoms with van der Waals surface area (Å²) >= 11 is 20.0. The molecule has 0 heterocycles. The lowest BCUT2D eigenvalue weighted by molar-refractivity contribution is 1.96. The van der Waals surface area contributed by atoms with Crippen molar-refractivity contribution in [3.63, 3.8) is 0 Å². The molecule has 0 N–H and O–H groups in total. The second-order valence-electron chi connectivity index (χ2n) is 0.620. The van der Waals surface area contributed by atoms with Crippen LogP contribution in [0, 0.1) is 0 Å². The average molecular weight is 216 g/mol. The minimum atomic E-state index is -0.639. The molecule has 46 valence electrons. The molecule has 0 nitrogen and oxygen atoms in total. The Balaban J connectivity index is 0. The molecule has 0 amide bonds. The molecular weight excluding hydrogens is 210 g/mol. The highest BCUT2D eigenvalue weighted by Crippen LogP contribution is 1.90. The fraction of sp³-hybridized carbons (Fsp3) is 1.00. The van der Waals surface area contributed by atoms with E-state index in [1.165, 1.54) is 0 Å². The fourth-order valence-corrected chi connectivity index (χ4v) is 0. The third-order valence-electron chi connectivity index (χ3n) is 0. The monoisotopic (exact) mass is 214 g/mol. The minimum Gasteiger partial charge on any atom is -0.155 e. The van der Waals surface area contributed by atoms with E-state index in [1.807, 2.05) is 0 Å². The van der Waals surface area contributed by atoms with E-state index in [9.17, 15) is 0 Å².